The highest BCUT2D eigenvalue weighted by molar-refractivity contribution is 6.35. The lowest BCUT2D eigenvalue weighted by Gasteiger charge is -2.29. The van der Waals surface area contributed by atoms with Gasteiger partial charge >= 0.3 is 0 Å². The molecule has 3 aliphatic rings. The Morgan fingerprint density at radius 3 is 2.56 bits per heavy atom. The van der Waals surface area contributed by atoms with Crippen LogP contribution in [-0.2, 0) is 31.3 Å². The van der Waals surface area contributed by atoms with Crippen LogP contribution in [0.2, 0.25) is 5.02 Å². The van der Waals surface area contributed by atoms with Crippen molar-refractivity contribution in [3.63, 3.8) is 0 Å². The standard InChI is InChI=1S/C23H21ClN4O4/c1-11-7-13-19(14(24)8-11)26-22(32)23(13)18-17(15(27-23)9-16(25)29)20(30)28(21(18)31)10-12-5-3-2-4-6-12/h2-8,15,17-18,27H,9-10H2,1H3,(H2,25,29)(H,26,32)/t15-,17-,18-,23-/m1/s1. The van der Waals surface area contributed by atoms with Crippen molar-refractivity contribution in [1.82, 2.24) is 10.2 Å². The topological polar surface area (TPSA) is 122 Å². The molecule has 9 heteroatoms. The Labute approximate surface area is 189 Å². The second-order valence-electron chi connectivity index (χ2n) is 8.60. The molecule has 2 aromatic rings. The number of carbonyl (C=O) groups excluding carboxylic acids is 4. The summed E-state index contributed by atoms with van der Waals surface area (Å²) in [5, 5.41) is 6.29. The van der Waals surface area contributed by atoms with Crippen molar-refractivity contribution in [2.45, 2.75) is 31.5 Å². The van der Waals surface area contributed by atoms with E-state index in [0.717, 1.165) is 11.1 Å². The Bertz CT molecular complexity index is 1180. The predicted molar refractivity (Wildman–Crippen MR) is 116 cm³/mol. The van der Waals surface area contributed by atoms with Crippen LogP contribution in [0.4, 0.5) is 5.69 Å². The van der Waals surface area contributed by atoms with Gasteiger partial charge in [0, 0.05) is 18.0 Å². The van der Waals surface area contributed by atoms with Crippen LogP contribution in [0, 0.1) is 18.8 Å². The summed E-state index contributed by atoms with van der Waals surface area (Å²) in [6, 6.07) is 11.9. The quantitative estimate of drug-likeness (QED) is 0.606. The molecular weight excluding hydrogens is 432 g/mol. The first-order valence-electron chi connectivity index (χ1n) is 10.3. The molecule has 0 aromatic heterocycles. The highest BCUT2D eigenvalue weighted by Gasteiger charge is 2.70. The second-order valence-corrected chi connectivity index (χ2v) is 9.01. The van der Waals surface area contributed by atoms with E-state index in [9.17, 15) is 19.2 Å². The van der Waals surface area contributed by atoms with Gasteiger partial charge < -0.3 is 11.1 Å². The van der Waals surface area contributed by atoms with Gasteiger partial charge in [0.25, 0.3) is 0 Å². The van der Waals surface area contributed by atoms with E-state index in [1.54, 1.807) is 12.1 Å². The lowest BCUT2D eigenvalue weighted by atomic mass is 9.76. The summed E-state index contributed by atoms with van der Waals surface area (Å²) in [5.41, 5.74) is 6.46. The summed E-state index contributed by atoms with van der Waals surface area (Å²) in [5.74, 6) is -3.87. The zero-order chi connectivity index (χ0) is 22.8. The van der Waals surface area contributed by atoms with Gasteiger partial charge in [-0.3, -0.25) is 29.4 Å². The number of imide groups is 1. The first-order valence-corrected chi connectivity index (χ1v) is 10.7. The highest BCUT2D eigenvalue weighted by Crippen LogP contribution is 2.54. The third-order valence-electron chi connectivity index (χ3n) is 6.62. The number of primary amides is 1. The van der Waals surface area contributed by atoms with E-state index in [1.165, 1.54) is 4.90 Å². The molecule has 0 bridgehead atoms. The molecule has 0 aliphatic carbocycles. The zero-order valence-electron chi connectivity index (χ0n) is 17.2. The van der Waals surface area contributed by atoms with Gasteiger partial charge in [0.1, 0.15) is 5.54 Å². The number of fused-ring (bicyclic) bond motifs is 4. The molecule has 2 saturated heterocycles. The van der Waals surface area contributed by atoms with Crippen LogP contribution < -0.4 is 16.4 Å². The van der Waals surface area contributed by atoms with E-state index in [4.69, 9.17) is 17.3 Å². The molecule has 4 atom stereocenters. The van der Waals surface area contributed by atoms with Crippen molar-refractivity contribution in [3.05, 3.63) is 64.2 Å². The van der Waals surface area contributed by atoms with E-state index in [1.807, 2.05) is 37.3 Å². The zero-order valence-corrected chi connectivity index (χ0v) is 18.0. The Balaban J connectivity index is 1.64. The first kappa shape index (κ1) is 20.7. The minimum Gasteiger partial charge on any atom is -0.370 e. The summed E-state index contributed by atoms with van der Waals surface area (Å²) < 4.78 is 0. The molecular formula is C23H21ClN4O4. The van der Waals surface area contributed by atoms with Gasteiger partial charge in [0.15, 0.2) is 0 Å². The molecule has 2 aromatic carbocycles. The van der Waals surface area contributed by atoms with Crippen molar-refractivity contribution in [2.24, 2.45) is 17.6 Å². The summed E-state index contributed by atoms with van der Waals surface area (Å²) in [4.78, 5) is 53.5. The van der Waals surface area contributed by atoms with Crippen LogP contribution >= 0.6 is 11.6 Å². The monoisotopic (exact) mass is 452 g/mol. The molecule has 0 unspecified atom stereocenters. The number of halogens is 1. The third-order valence-corrected chi connectivity index (χ3v) is 6.91. The number of carbonyl (C=O) groups is 4. The minimum atomic E-state index is -1.51. The van der Waals surface area contributed by atoms with Crippen molar-refractivity contribution < 1.29 is 19.2 Å². The molecule has 3 aliphatic heterocycles. The number of nitrogens with two attached hydrogens (primary N) is 1. The lowest BCUT2D eigenvalue weighted by Crippen LogP contribution is -2.53. The molecule has 4 N–H and O–H groups in total. The van der Waals surface area contributed by atoms with E-state index >= 15 is 0 Å². The smallest absolute Gasteiger partial charge is 0.250 e. The number of amides is 4. The van der Waals surface area contributed by atoms with E-state index in [0.29, 0.717) is 16.3 Å². The minimum absolute atomic E-state index is 0.0912. The molecule has 4 amide bonds. The summed E-state index contributed by atoms with van der Waals surface area (Å²) >= 11 is 6.39. The summed E-state index contributed by atoms with van der Waals surface area (Å²) in [6.07, 6.45) is -0.177. The largest absolute Gasteiger partial charge is 0.370 e. The first-order chi connectivity index (χ1) is 15.2. The fourth-order valence-electron chi connectivity index (χ4n) is 5.37. The maximum Gasteiger partial charge on any atom is 0.250 e. The van der Waals surface area contributed by atoms with E-state index in [2.05, 4.69) is 10.6 Å². The van der Waals surface area contributed by atoms with Crippen LogP contribution in [0.3, 0.4) is 0 Å². The van der Waals surface area contributed by atoms with Crippen LogP contribution in [0.1, 0.15) is 23.1 Å². The Morgan fingerprint density at radius 2 is 1.88 bits per heavy atom. The average Bonchev–Trinajstić information content (AvgIpc) is 3.30. The number of hydrogen-bond acceptors (Lipinski definition) is 5. The fourth-order valence-corrected chi connectivity index (χ4v) is 5.69. The van der Waals surface area contributed by atoms with Gasteiger partial charge in [-0.15, -0.1) is 0 Å². The number of aryl methyl sites for hydroxylation is 1. The Morgan fingerprint density at radius 1 is 1.16 bits per heavy atom. The molecule has 164 valence electrons. The molecule has 5 rings (SSSR count). The average molecular weight is 453 g/mol. The van der Waals surface area contributed by atoms with Crippen LogP contribution in [0.5, 0.6) is 0 Å². The molecule has 32 heavy (non-hydrogen) atoms. The lowest BCUT2D eigenvalue weighted by molar-refractivity contribution is -0.143. The molecule has 0 saturated carbocycles. The molecule has 2 fully saturated rings. The number of likely N-dealkylation sites (tertiary alicyclic amines) is 1. The molecule has 0 radical (unpaired) electrons. The van der Waals surface area contributed by atoms with Gasteiger partial charge in [-0.05, 0) is 24.1 Å². The number of nitrogens with zero attached hydrogens (tertiary/aromatic N) is 1. The number of anilines is 1. The van der Waals surface area contributed by atoms with E-state index in [-0.39, 0.29) is 13.0 Å². The third kappa shape index (κ3) is 2.79. The SMILES string of the molecule is Cc1cc(Cl)c2c(c1)[C@]1(N[C@H](CC(N)=O)[C@H]3C(=O)N(Cc4ccccc4)C(=O)[C@@H]31)C(=O)N2. The summed E-state index contributed by atoms with van der Waals surface area (Å²) in [7, 11) is 0. The Kier molecular flexibility index (Phi) is 4.61. The predicted octanol–water partition coefficient (Wildman–Crippen LogP) is 1.44. The highest BCUT2D eigenvalue weighted by atomic mass is 35.5. The van der Waals surface area contributed by atoms with Crippen molar-refractivity contribution >= 4 is 40.9 Å². The van der Waals surface area contributed by atoms with Crippen LogP contribution in [0.15, 0.2) is 42.5 Å². The maximum atomic E-state index is 13.7. The van der Waals surface area contributed by atoms with E-state index < -0.39 is 47.0 Å². The molecule has 3 heterocycles. The van der Waals surface area contributed by atoms with Crippen molar-refractivity contribution in [3.8, 4) is 0 Å². The number of hydrogen-bond donors (Lipinski definition) is 3. The summed E-state index contributed by atoms with van der Waals surface area (Å²) in [6.45, 7) is 1.92. The van der Waals surface area contributed by atoms with Gasteiger partial charge in [0.05, 0.1) is 29.1 Å². The van der Waals surface area contributed by atoms with Crippen molar-refractivity contribution in [2.75, 3.05) is 5.32 Å². The number of benzene rings is 2. The maximum absolute atomic E-state index is 13.7. The molecule has 1 spiro atoms. The fraction of sp³-hybridized carbons (Fsp3) is 0.304. The van der Waals surface area contributed by atoms with Crippen LogP contribution in [-0.4, -0.2) is 34.6 Å². The van der Waals surface area contributed by atoms with Crippen molar-refractivity contribution in [1.29, 1.82) is 0 Å². The number of rotatable bonds is 4. The second kappa shape index (κ2) is 7.15. The van der Waals surface area contributed by atoms with Gasteiger partial charge in [-0.1, -0.05) is 48.0 Å². The van der Waals surface area contributed by atoms with Gasteiger partial charge in [-0.2, -0.15) is 0 Å². The number of nitrogens with one attached hydrogen (secondary N) is 2. The van der Waals surface area contributed by atoms with Gasteiger partial charge in [0.2, 0.25) is 23.6 Å². The molecule has 8 nitrogen and oxygen atoms in total. The van der Waals surface area contributed by atoms with Crippen LogP contribution in [0.25, 0.3) is 0 Å². The normalized spacial score (nSPS) is 28.2. The van der Waals surface area contributed by atoms with Gasteiger partial charge in [-0.25, -0.2) is 0 Å². The Hall–Kier alpha value is -3.23.